The molecule has 7 nitrogen and oxygen atoms in total. The predicted octanol–water partition coefficient (Wildman–Crippen LogP) is -0.634. The first-order valence-electron chi connectivity index (χ1n) is 7.96. The largest absolute Gasteiger partial charge is 0.384 e. The first-order chi connectivity index (χ1) is 10.6. The summed E-state index contributed by atoms with van der Waals surface area (Å²) in [5, 5.41) is 6.15. The Labute approximate surface area is 131 Å². The molecular weight excluding hydrogens is 286 g/mol. The summed E-state index contributed by atoms with van der Waals surface area (Å²) >= 11 is 0. The molecule has 0 bridgehead atoms. The Morgan fingerprint density at radius 3 is 2.55 bits per heavy atom. The Morgan fingerprint density at radius 1 is 1.32 bits per heavy atom. The summed E-state index contributed by atoms with van der Waals surface area (Å²) in [5.41, 5.74) is -0.528. The van der Waals surface area contributed by atoms with Crippen LogP contribution in [0.2, 0.25) is 0 Å². The van der Waals surface area contributed by atoms with Gasteiger partial charge >= 0.3 is 0 Å². The molecule has 22 heavy (non-hydrogen) atoms. The highest BCUT2D eigenvalue weighted by Gasteiger charge is 2.40. The second-order valence-electron chi connectivity index (χ2n) is 6.10. The van der Waals surface area contributed by atoms with Crippen LogP contribution in [-0.2, 0) is 19.1 Å². The van der Waals surface area contributed by atoms with Crippen molar-refractivity contribution in [1.82, 2.24) is 15.5 Å². The lowest BCUT2D eigenvalue weighted by Gasteiger charge is -2.37. The quantitative estimate of drug-likeness (QED) is 0.706. The summed E-state index contributed by atoms with van der Waals surface area (Å²) in [6, 6.07) is -0.519. The zero-order valence-corrected chi connectivity index (χ0v) is 13.5. The van der Waals surface area contributed by atoms with Crippen molar-refractivity contribution in [3.05, 3.63) is 0 Å². The number of morpholine rings is 1. The Kier molecular flexibility index (Phi) is 6.16. The number of carbonyl (C=O) groups excluding carboxylic acids is 2. The fraction of sp³-hybridized carbons (Fsp3) is 0.867. The van der Waals surface area contributed by atoms with Crippen LogP contribution < -0.4 is 10.6 Å². The van der Waals surface area contributed by atoms with Crippen LogP contribution in [-0.4, -0.2) is 75.9 Å². The molecule has 2 fully saturated rings. The number of ether oxygens (including phenoxy) is 2. The number of carbonyl (C=O) groups is 2. The van der Waals surface area contributed by atoms with Crippen LogP contribution in [0.25, 0.3) is 0 Å². The number of nitrogens with one attached hydrogen (secondary N) is 2. The molecule has 0 radical (unpaired) electrons. The summed E-state index contributed by atoms with van der Waals surface area (Å²) in [6.45, 7) is 6.02. The SMILES string of the molecule is COCC1(C(=O)NC(C)C(=O)N2CCOCC2)CCNCC1. The number of amides is 2. The van der Waals surface area contributed by atoms with E-state index in [0.29, 0.717) is 32.9 Å². The van der Waals surface area contributed by atoms with E-state index in [9.17, 15) is 9.59 Å². The minimum absolute atomic E-state index is 0.0434. The maximum Gasteiger partial charge on any atom is 0.245 e. The van der Waals surface area contributed by atoms with Crippen molar-refractivity contribution < 1.29 is 19.1 Å². The lowest BCUT2D eigenvalue weighted by molar-refractivity contribution is -0.144. The van der Waals surface area contributed by atoms with Gasteiger partial charge < -0.3 is 25.0 Å². The number of rotatable bonds is 5. The van der Waals surface area contributed by atoms with Crippen molar-refractivity contribution in [3.8, 4) is 0 Å². The molecule has 0 aromatic heterocycles. The average Bonchev–Trinajstić information content (AvgIpc) is 2.56. The monoisotopic (exact) mass is 313 g/mol. The van der Waals surface area contributed by atoms with E-state index in [1.54, 1.807) is 18.9 Å². The number of hydrogen-bond acceptors (Lipinski definition) is 5. The molecule has 2 heterocycles. The van der Waals surface area contributed by atoms with Gasteiger partial charge in [-0.3, -0.25) is 9.59 Å². The number of methoxy groups -OCH3 is 1. The zero-order valence-electron chi connectivity index (χ0n) is 13.5. The van der Waals surface area contributed by atoms with Crippen LogP contribution in [0.3, 0.4) is 0 Å². The molecule has 1 unspecified atom stereocenters. The first kappa shape index (κ1) is 17.2. The Bertz CT molecular complexity index is 385. The van der Waals surface area contributed by atoms with Crippen molar-refractivity contribution in [2.45, 2.75) is 25.8 Å². The molecule has 2 saturated heterocycles. The molecule has 0 aromatic carbocycles. The van der Waals surface area contributed by atoms with Crippen molar-refractivity contribution >= 4 is 11.8 Å². The summed E-state index contributed by atoms with van der Waals surface area (Å²) in [4.78, 5) is 26.8. The van der Waals surface area contributed by atoms with Crippen LogP contribution in [0.1, 0.15) is 19.8 Å². The van der Waals surface area contributed by atoms with Gasteiger partial charge in [-0.2, -0.15) is 0 Å². The standard InChI is InChI=1S/C15H27N3O4/c1-12(13(19)18-7-9-22-10-8-18)17-14(20)15(11-21-2)3-5-16-6-4-15/h12,16H,3-11H2,1-2H3,(H,17,20). The fourth-order valence-electron chi connectivity index (χ4n) is 3.09. The van der Waals surface area contributed by atoms with E-state index in [1.165, 1.54) is 0 Å². The molecule has 1 atom stereocenters. The van der Waals surface area contributed by atoms with Crippen LogP contribution in [0.4, 0.5) is 0 Å². The summed E-state index contributed by atoms with van der Waals surface area (Å²) in [5.74, 6) is -0.122. The first-order valence-corrected chi connectivity index (χ1v) is 7.96. The van der Waals surface area contributed by atoms with E-state index in [-0.39, 0.29) is 11.8 Å². The van der Waals surface area contributed by atoms with E-state index >= 15 is 0 Å². The fourth-order valence-corrected chi connectivity index (χ4v) is 3.09. The molecule has 2 aliphatic heterocycles. The topological polar surface area (TPSA) is 79.9 Å². The molecule has 2 aliphatic rings. The van der Waals surface area contributed by atoms with E-state index < -0.39 is 11.5 Å². The molecule has 0 aromatic rings. The molecule has 126 valence electrons. The molecular formula is C15H27N3O4. The van der Waals surface area contributed by atoms with Crippen molar-refractivity contribution in [2.24, 2.45) is 5.41 Å². The van der Waals surface area contributed by atoms with Gasteiger partial charge in [-0.15, -0.1) is 0 Å². The molecule has 7 heteroatoms. The number of piperidine rings is 1. The van der Waals surface area contributed by atoms with Crippen molar-refractivity contribution in [3.63, 3.8) is 0 Å². The lowest BCUT2D eigenvalue weighted by Crippen LogP contribution is -2.56. The van der Waals surface area contributed by atoms with Crippen molar-refractivity contribution in [2.75, 3.05) is 53.1 Å². The van der Waals surface area contributed by atoms with E-state index in [2.05, 4.69) is 10.6 Å². The minimum Gasteiger partial charge on any atom is -0.384 e. The summed E-state index contributed by atoms with van der Waals surface area (Å²) < 4.78 is 10.5. The second-order valence-corrected chi connectivity index (χ2v) is 6.10. The van der Waals surface area contributed by atoms with Gasteiger partial charge in [-0.1, -0.05) is 0 Å². The smallest absolute Gasteiger partial charge is 0.245 e. The van der Waals surface area contributed by atoms with E-state index in [0.717, 1.165) is 25.9 Å². The average molecular weight is 313 g/mol. The van der Waals surface area contributed by atoms with Gasteiger partial charge in [0.25, 0.3) is 0 Å². The zero-order chi connectivity index (χ0) is 16.0. The molecule has 2 amide bonds. The highest BCUT2D eigenvalue weighted by Crippen LogP contribution is 2.29. The van der Waals surface area contributed by atoms with Gasteiger partial charge in [0.1, 0.15) is 6.04 Å². The number of nitrogens with zero attached hydrogens (tertiary/aromatic N) is 1. The van der Waals surface area contributed by atoms with Crippen molar-refractivity contribution in [1.29, 1.82) is 0 Å². The van der Waals surface area contributed by atoms with Gasteiger partial charge in [-0.05, 0) is 32.9 Å². The number of hydrogen-bond donors (Lipinski definition) is 2. The van der Waals surface area contributed by atoms with E-state index in [1.807, 2.05) is 0 Å². The normalized spacial score (nSPS) is 22.9. The van der Waals surface area contributed by atoms with Crippen LogP contribution in [0.15, 0.2) is 0 Å². The van der Waals surface area contributed by atoms with Gasteiger partial charge in [-0.25, -0.2) is 0 Å². The minimum atomic E-state index is -0.528. The second kappa shape index (κ2) is 7.89. The Morgan fingerprint density at radius 2 is 1.95 bits per heavy atom. The summed E-state index contributed by atoms with van der Waals surface area (Å²) in [6.07, 6.45) is 1.45. The van der Waals surface area contributed by atoms with Crippen LogP contribution >= 0.6 is 0 Å². The maximum atomic E-state index is 12.7. The highest BCUT2D eigenvalue weighted by molar-refractivity contribution is 5.90. The molecule has 2 rings (SSSR count). The lowest BCUT2D eigenvalue weighted by atomic mass is 9.78. The maximum absolute atomic E-state index is 12.7. The van der Waals surface area contributed by atoms with Crippen LogP contribution in [0, 0.1) is 5.41 Å². The molecule has 0 saturated carbocycles. The van der Waals surface area contributed by atoms with Gasteiger partial charge in [0.2, 0.25) is 11.8 Å². The van der Waals surface area contributed by atoms with E-state index in [4.69, 9.17) is 9.47 Å². The highest BCUT2D eigenvalue weighted by atomic mass is 16.5. The summed E-state index contributed by atoms with van der Waals surface area (Å²) in [7, 11) is 1.61. The van der Waals surface area contributed by atoms with Gasteiger partial charge in [0.05, 0.1) is 25.2 Å². The molecule has 0 aliphatic carbocycles. The Hall–Kier alpha value is -1.18. The molecule has 0 spiro atoms. The van der Waals surface area contributed by atoms with Gasteiger partial charge in [0, 0.05) is 20.2 Å². The third-order valence-corrected chi connectivity index (χ3v) is 4.50. The predicted molar refractivity (Wildman–Crippen MR) is 81.4 cm³/mol. The van der Waals surface area contributed by atoms with Crippen LogP contribution in [0.5, 0.6) is 0 Å². The Balaban J connectivity index is 1.94. The molecule has 2 N–H and O–H groups in total. The van der Waals surface area contributed by atoms with Gasteiger partial charge in [0.15, 0.2) is 0 Å². The third kappa shape index (κ3) is 3.97. The third-order valence-electron chi connectivity index (χ3n) is 4.50.